The monoisotopic (exact) mass is 934 g/mol. The van der Waals surface area contributed by atoms with Gasteiger partial charge in [0.25, 0.3) is 0 Å². The first-order valence-electron chi connectivity index (χ1n) is 28.3. The first-order chi connectivity index (χ1) is 33.0. The maximum Gasteiger partial charge on any atom is 0.306 e. The van der Waals surface area contributed by atoms with E-state index in [1.54, 1.807) is 6.08 Å². The molecule has 6 nitrogen and oxygen atoms in total. The van der Waals surface area contributed by atoms with Crippen LogP contribution in [-0.2, 0) is 14.3 Å². The molecule has 0 fully saturated rings. The molecule has 0 aliphatic carbocycles. The number of unbranched alkanes of at least 4 members (excludes halogenated alkanes) is 26. The average Bonchev–Trinajstić information content (AvgIpc) is 3.32. The van der Waals surface area contributed by atoms with Crippen LogP contribution in [0.2, 0.25) is 0 Å². The third-order valence-electron chi connectivity index (χ3n) is 12.5. The molecule has 67 heavy (non-hydrogen) atoms. The summed E-state index contributed by atoms with van der Waals surface area (Å²) in [6.45, 7) is 6.32. The highest BCUT2D eigenvalue weighted by Gasteiger charge is 2.23. The van der Waals surface area contributed by atoms with E-state index in [4.69, 9.17) is 4.74 Å². The second-order valence-electron chi connectivity index (χ2n) is 19.0. The summed E-state index contributed by atoms with van der Waals surface area (Å²) < 4.78 is 5.84. The van der Waals surface area contributed by atoms with Crippen LogP contribution in [0, 0.1) is 0 Å². The summed E-state index contributed by atoms with van der Waals surface area (Å²) >= 11 is 0. The Labute approximate surface area is 414 Å². The van der Waals surface area contributed by atoms with E-state index < -0.39 is 18.2 Å². The topological polar surface area (TPSA) is 95.9 Å². The molecule has 6 heteroatoms. The number of allylic oxidation sites excluding steroid dienone is 13. The number of rotatable bonds is 50. The zero-order valence-corrected chi connectivity index (χ0v) is 44.0. The lowest BCUT2D eigenvalue weighted by Gasteiger charge is -2.23. The second-order valence-corrected chi connectivity index (χ2v) is 19.0. The quantitative estimate of drug-likeness (QED) is 0.0321. The molecule has 386 valence electrons. The van der Waals surface area contributed by atoms with Crippen molar-refractivity contribution in [2.45, 2.75) is 283 Å². The molecule has 3 unspecified atom stereocenters. The van der Waals surface area contributed by atoms with Gasteiger partial charge in [0.2, 0.25) is 5.91 Å². The lowest BCUT2D eigenvalue weighted by Crippen LogP contribution is -2.46. The molecule has 0 aliphatic heterocycles. The van der Waals surface area contributed by atoms with E-state index in [2.05, 4.69) is 99.0 Å². The van der Waals surface area contributed by atoms with Crippen molar-refractivity contribution in [1.82, 2.24) is 5.32 Å². The van der Waals surface area contributed by atoms with Crippen LogP contribution in [-0.4, -0.2) is 46.9 Å². The zero-order valence-electron chi connectivity index (χ0n) is 44.0. The Kier molecular flexibility index (Phi) is 51.6. The molecule has 0 saturated carbocycles. The van der Waals surface area contributed by atoms with E-state index in [1.807, 2.05) is 6.08 Å². The minimum Gasteiger partial charge on any atom is -0.458 e. The lowest BCUT2D eigenvalue weighted by molar-refractivity contribution is -0.148. The maximum absolute atomic E-state index is 13.2. The summed E-state index contributed by atoms with van der Waals surface area (Å²) in [6.07, 6.45) is 71.1. The minimum absolute atomic E-state index is 0.0519. The molecule has 3 N–H and O–H groups in total. The highest BCUT2D eigenvalue weighted by molar-refractivity contribution is 5.78. The van der Waals surface area contributed by atoms with Crippen LogP contribution in [0.4, 0.5) is 0 Å². The van der Waals surface area contributed by atoms with Crippen LogP contribution in [0.3, 0.4) is 0 Å². The SMILES string of the molecule is CC/C=C/C/C=C/C/C=C/C/C=C/C/C=C/C(CC(=O)NC(CO)C(O)CCCCCCCCCCCCCCCCCCC)OC(=O)CCCCCCCCC/C=C\C/C=C\CCCCC. The number of aliphatic hydroxyl groups is 2. The van der Waals surface area contributed by atoms with Crippen molar-refractivity contribution < 1.29 is 24.5 Å². The van der Waals surface area contributed by atoms with Crippen LogP contribution in [0.25, 0.3) is 0 Å². The number of hydrogen-bond acceptors (Lipinski definition) is 5. The van der Waals surface area contributed by atoms with Crippen molar-refractivity contribution in [3.63, 3.8) is 0 Å². The van der Waals surface area contributed by atoms with Crippen LogP contribution in [0.1, 0.15) is 265 Å². The number of ether oxygens (including phenoxy) is 1. The fourth-order valence-corrected chi connectivity index (χ4v) is 8.19. The molecular formula is C61H107NO5. The molecule has 0 aromatic heterocycles. The van der Waals surface area contributed by atoms with E-state index in [-0.39, 0.29) is 24.9 Å². The van der Waals surface area contributed by atoms with Crippen molar-refractivity contribution in [1.29, 1.82) is 0 Å². The summed E-state index contributed by atoms with van der Waals surface area (Å²) in [5.41, 5.74) is 0. The largest absolute Gasteiger partial charge is 0.458 e. The number of aliphatic hydroxyl groups excluding tert-OH is 2. The first kappa shape index (κ1) is 64.0. The molecule has 0 aromatic carbocycles. The Morgan fingerprint density at radius 3 is 1.30 bits per heavy atom. The Morgan fingerprint density at radius 1 is 0.463 bits per heavy atom. The maximum atomic E-state index is 13.2. The Hall–Kier alpha value is -2.96. The third-order valence-corrected chi connectivity index (χ3v) is 12.5. The lowest BCUT2D eigenvalue weighted by atomic mass is 10.0. The Morgan fingerprint density at radius 2 is 0.836 bits per heavy atom. The van der Waals surface area contributed by atoms with Gasteiger partial charge < -0.3 is 20.3 Å². The zero-order chi connectivity index (χ0) is 48.8. The number of amides is 1. The number of carbonyl (C=O) groups excluding carboxylic acids is 2. The van der Waals surface area contributed by atoms with Crippen LogP contribution in [0.5, 0.6) is 0 Å². The number of carbonyl (C=O) groups is 2. The van der Waals surface area contributed by atoms with Crippen LogP contribution < -0.4 is 5.32 Å². The van der Waals surface area contributed by atoms with E-state index in [1.165, 1.54) is 141 Å². The molecule has 0 radical (unpaired) electrons. The van der Waals surface area contributed by atoms with Crippen LogP contribution >= 0.6 is 0 Å². The molecular weight excluding hydrogens is 827 g/mol. The molecule has 3 atom stereocenters. The van der Waals surface area contributed by atoms with Gasteiger partial charge in [-0.25, -0.2) is 0 Å². The standard InChI is InChI=1S/C61H107NO5/c1-4-7-10-13-16-19-22-25-28-30-32-35-38-41-44-47-50-53-59(64)58(56-63)62-60(65)55-57(52-49-46-43-40-37-34-27-24-21-18-15-12-9-6-3)67-61(66)54-51-48-45-42-39-36-33-31-29-26-23-20-17-14-11-8-5-2/h9,12,17-18,20-21,26-27,29,34,40,43,49,52,57-59,63-64H,4-8,10-11,13-16,19,22-25,28,30-33,35-39,41-42,44-48,50-51,53-56H2,1-3H3,(H,62,65)/b12-9+,20-17-,21-18+,29-26-,34-27+,43-40+,52-49+. The number of hydrogen-bond donors (Lipinski definition) is 3. The second kappa shape index (κ2) is 54.0. The summed E-state index contributed by atoms with van der Waals surface area (Å²) in [4.78, 5) is 26.2. The molecule has 0 rings (SSSR count). The van der Waals surface area contributed by atoms with Gasteiger partial charge >= 0.3 is 5.97 Å². The molecule has 1 amide bonds. The van der Waals surface area contributed by atoms with Gasteiger partial charge in [0.15, 0.2) is 0 Å². The summed E-state index contributed by atoms with van der Waals surface area (Å²) in [5.74, 6) is -0.636. The van der Waals surface area contributed by atoms with Gasteiger partial charge in [-0.05, 0) is 83.1 Å². The highest BCUT2D eigenvalue weighted by atomic mass is 16.5. The van der Waals surface area contributed by atoms with Crippen molar-refractivity contribution in [2.75, 3.05) is 6.61 Å². The third kappa shape index (κ3) is 49.3. The van der Waals surface area contributed by atoms with E-state index >= 15 is 0 Å². The van der Waals surface area contributed by atoms with Gasteiger partial charge in [0.1, 0.15) is 6.10 Å². The molecule has 0 bridgehead atoms. The van der Waals surface area contributed by atoms with Crippen molar-refractivity contribution in [3.8, 4) is 0 Å². The molecule has 0 saturated heterocycles. The van der Waals surface area contributed by atoms with Gasteiger partial charge in [-0.2, -0.15) is 0 Å². The van der Waals surface area contributed by atoms with Crippen LogP contribution in [0.15, 0.2) is 85.1 Å². The molecule has 0 aromatic rings. The summed E-state index contributed by atoms with van der Waals surface area (Å²) in [5, 5.41) is 23.8. The van der Waals surface area contributed by atoms with Crippen molar-refractivity contribution in [3.05, 3.63) is 85.1 Å². The average molecular weight is 935 g/mol. The van der Waals surface area contributed by atoms with Gasteiger partial charge in [0, 0.05) is 6.42 Å². The fourth-order valence-electron chi connectivity index (χ4n) is 8.19. The number of nitrogens with one attached hydrogen (secondary N) is 1. The summed E-state index contributed by atoms with van der Waals surface area (Å²) in [7, 11) is 0. The van der Waals surface area contributed by atoms with Gasteiger partial charge in [0.05, 0.1) is 25.2 Å². The van der Waals surface area contributed by atoms with E-state index in [0.717, 1.165) is 77.0 Å². The van der Waals surface area contributed by atoms with Gasteiger partial charge in [-0.3, -0.25) is 9.59 Å². The summed E-state index contributed by atoms with van der Waals surface area (Å²) in [6, 6.07) is -0.748. The fraction of sp³-hybridized carbons (Fsp3) is 0.738. The molecule has 0 spiro atoms. The smallest absolute Gasteiger partial charge is 0.306 e. The van der Waals surface area contributed by atoms with Gasteiger partial charge in [-0.1, -0.05) is 254 Å². The highest BCUT2D eigenvalue weighted by Crippen LogP contribution is 2.17. The van der Waals surface area contributed by atoms with E-state index in [9.17, 15) is 19.8 Å². The molecule has 0 aliphatic rings. The Bertz CT molecular complexity index is 1280. The minimum atomic E-state index is -0.825. The normalized spacial score (nSPS) is 13.8. The predicted octanol–water partition coefficient (Wildman–Crippen LogP) is 17.5. The van der Waals surface area contributed by atoms with E-state index in [0.29, 0.717) is 19.3 Å². The molecule has 0 heterocycles. The van der Waals surface area contributed by atoms with Crippen molar-refractivity contribution in [2.24, 2.45) is 0 Å². The number of esters is 1. The van der Waals surface area contributed by atoms with Crippen molar-refractivity contribution >= 4 is 11.9 Å². The predicted molar refractivity (Wildman–Crippen MR) is 291 cm³/mol. The Balaban J connectivity index is 4.65. The first-order valence-corrected chi connectivity index (χ1v) is 28.3. The van der Waals surface area contributed by atoms with Gasteiger partial charge in [-0.15, -0.1) is 0 Å².